The van der Waals surface area contributed by atoms with Crippen molar-refractivity contribution in [3.05, 3.63) is 27.5 Å². The van der Waals surface area contributed by atoms with E-state index in [4.69, 9.17) is 16.6 Å². The topological polar surface area (TPSA) is 73.6 Å². The molecule has 0 bridgehead atoms. The van der Waals surface area contributed by atoms with Crippen molar-refractivity contribution in [3.63, 3.8) is 0 Å². The summed E-state index contributed by atoms with van der Waals surface area (Å²) in [6, 6.07) is 3.46. The maximum absolute atomic E-state index is 12.1. The van der Waals surface area contributed by atoms with Crippen molar-refractivity contribution < 1.29 is 19.1 Å². The average molecular weight is 375 g/mol. The van der Waals surface area contributed by atoms with Crippen molar-refractivity contribution >= 4 is 62.2 Å². The normalized spacial score (nSPS) is 17.2. The monoisotopic (exact) mass is 374 g/mol. The number of hydrogen-bond donors (Lipinski definition) is 0. The number of nitrogens with zero attached hydrogens (tertiary/aromatic N) is 1. The van der Waals surface area contributed by atoms with E-state index < -0.39 is 5.97 Å². The van der Waals surface area contributed by atoms with Crippen LogP contribution in [0.5, 0.6) is 0 Å². The van der Waals surface area contributed by atoms with E-state index >= 15 is 0 Å². The molecule has 0 aliphatic carbocycles. The molecule has 0 N–H and O–H groups in total. The molecular weight excluding hydrogens is 366 g/mol. The standard InChI is InChI=1S/C12H10BrNO4S2/c13-9-4-3-7(18-9)6-8-11(17)14(12(19)20-8)5-1-2-10(15)16/h3-4,6H,1-2,5H2,(H,15,16)/p-1/b8-6+. The van der Waals surface area contributed by atoms with E-state index in [0.29, 0.717) is 26.1 Å². The smallest absolute Gasteiger partial charge is 0.266 e. The molecule has 2 heterocycles. The number of hydrogen-bond acceptors (Lipinski definition) is 6. The Balaban J connectivity index is 2.04. The van der Waals surface area contributed by atoms with E-state index in [1.165, 1.54) is 16.7 Å². The van der Waals surface area contributed by atoms with Gasteiger partial charge >= 0.3 is 0 Å². The Morgan fingerprint density at radius 2 is 2.30 bits per heavy atom. The van der Waals surface area contributed by atoms with Gasteiger partial charge in [-0.15, -0.1) is 0 Å². The molecule has 2 rings (SSSR count). The molecule has 0 atom stereocenters. The second-order valence-electron chi connectivity index (χ2n) is 3.95. The maximum atomic E-state index is 12.1. The van der Waals surface area contributed by atoms with Gasteiger partial charge in [-0.25, -0.2) is 0 Å². The number of halogens is 1. The zero-order chi connectivity index (χ0) is 14.7. The maximum Gasteiger partial charge on any atom is 0.266 e. The largest absolute Gasteiger partial charge is 0.550 e. The first-order valence-corrected chi connectivity index (χ1v) is 7.69. The van der Waals surface area contributed by atoms with E-state index in [-0.39, 0.29) is 18.9 Å². The molecule has 20 heavy (non-hydrogen) atoms. The van der Waals surface area contributed by atoms with Crippen molar-refractivity contribution in [1.82, 2.24) is 4.90 Å². The molecule has 8 heteroatoms. The summed E-state index contributed by atoms with van der Waals surface area (Å²) in [7, 11) is 0. The average Bonchev–Trinajstić information content (AvgIpc) is 2.88. The molecule has 0 spiro atoms. The van der Waals surface area contributed by atoms with E-state index in [9.17, 15) is 14.7 Å². The van der Waals surface area contributed by atoms with Crippen LogP contribution >= 0.6 is 39.9 Å². The van der Waals surface area contributed by atoms with Gasteiger partial charge in [0.15, 0.2) is 4.67 Å². The summed E-state index contributed by atoms with van der Waals surface area (Å²) in [5.41, 5.74) is 0. The van der Waals surface area contributed by atoms with Crippen LogP contribution in [0.3, 0.4) is 0 Å². The van der Waals surface area contributed by atoms with Gasteiger partial charge in [0.25, 0.3) is 5.91 Å². The van der Waals surface area contributed by atoms with Gasteiger partial charge in [0, 0.05) is 18.6 Å². The number of furan rings is 1. The Hall–Kier alpha value is -1.12. The van der Waals surface area contributed by atoms with Gasteiger partial charge < -0.3 is 14.3 Å². The van der Waals surface area contributed by atoms with Gasteiger partial charge in [-0.1, -0.05) is 24.0 Å². The molecule has 1 aromatic rings. The second-order valence-corrected chi connectivity index (χ2v) is 6.41. The number of thiocarbonyl (C=S) groups is 1. The van der Waals surface area contributed by atoms with E-state index in [0.717, 1.165) is 0 Å². The predicted octanol–water partition coefficient (Wildman–Crippen LogP) is 1.77. The third kappa shape index (κ3) is 3.71. The Bertz CT molecular complexity index is 596. The first-order chi connectivity index (χ1) is 9.47. The number of rotatable bonds is 5. The lowest BCUT2D eigenvalue weighted by atomic mass is 10.3. The molecule has 0 aromatic carbocycles. The summed E-state index contributed by atoms with van der Waals surface area (Å²) in [6.45, 7) is 0.276. The van der Waals surface area contributed by atoms with Crippen LogP contribution in [0.1, 0.15) is 18.6 Å². The van der Waals surface area contributed by atoms with Crippen molar-refractivity contribution in [3.8, 4) is 0 Å². The minimum absolute atomic E-state index is 0.0960. The van der Waals surface area contributed by atoms with E-state index in [2.05, 4.69) is 15.9 Å². The van der Waals surface area contributed by atoms with E-state index in [1.807, 2.05) is 0 Å². The highest BCUT2D eigenvalue weighted by molar-refractivity contribution is 9.10. The number of carboxylic acids is 1. The van der Waals surface area contributed by atoms with Crippen LogP contribution in [-0.4, -0.2) is 27.6 Å². The lowest BCUT2D eigenvalue weighted by molar-refractivity contribution is -0.305. The van der Waals surface area contributed by atoms with Crippen LogP contribution in [0.4, 0.5) is 0 Å². The molecule has 106 valence electrons. The molecule has 0 radical (unpaired) electrons. The Morgan fingerprint density at radius 1 is 1.55 bits per heavy atom. The summed E-state index contributed by atoms with van der Waals surface area (Å²) < 4.78 is 6.30. The highest BCUT2D eigenvalue weighted by atomic mass is 79.9. The minimum Gasteiger partial charge on any atom is -0.550 e. The van der Waals surface area contributed by atoms with Crippen molar-refractivity contribution in [1.29, 1.82) is 0 Å². The second kappa shape index (κ2) is 6.55. The lowest BCUT2D eigenvalue weighted by Crippen LogP contribution is -2.30. The first-order valence-electron chi connectivity index (χ1n) is 5.68. The van der Waals surface area contributed by atoms with Crippen LogP contribution in [-0.2, 0) is 9.59 Å². The lowest BCUT2D eigenvalue weighted by Gasteiger charge is -2.14. The first kappa shape index (κ1) is 15.3. The Kier molecular flexibility index (Phi) is 5.00. The van der Waals surface area contributed by atoms with Gasteiger partial charge in [-0.2, -0.15) is 0 Å². The number of thioether (sulfide) groups is 1. The van der Waals surface area contributed by atoms with Gasteiger partial charge in [0.1, 0.15) is 10.1 Å². The fourth-order valence-corrected chi connectivity index (χ4v) is 3.22. The summed E-state index contributed by atoms with van der Waals surface area (Å²) in [5.74, 6) is -0.815. The Labute approximate surface area is 133 Å². The molecule has 1 aromatic heterocycles. The fourth-order valence-electron chi connectivity index (χ4n) is 1.61. The fraction of sp³-hybridized carbons (Fsp3) is 0.250. The van der Waals surface area contributed by atoms with Gasteiger partial charge in [-0.05, 0) is 40.9 Å². The Morgan fingerprint density at radius 3 is 2.90 bits per heavy atom. The summed E-state index contributed by atoms with van der Waals surface area (Å²) >= 11 is 9.48. The molecule has 1 saturated heterocycles. The number of aliphatic carboxylic acids is 1. The highest BCUT2D eigenvalue weighted by Crippen LogP contribution is 2.33. The van der Waals surface area contributed by atoms with Crippen molar-refractivity contribution in [2.45, 2.75) is 12.8 Å². The molecule has 5 nitrogen and oxygen atoms in total. The zero-order valence-electron chi connectivity index (χ0n) is 10.1. The third-order valence-electron chi connectivity index (χ3n) is 2.50. The highest BCUT2D eigenvalue weighted by Gasteiger charge is 2.31. The number of carbonyl (C=O) groups is 2. The summed E-state index contributed by atoms with van der Waals surface area (Å²) in [5, 5.41) is 10.4. The molecule has 1 aliphatic rings. The minimum atomic E-state index is -1.13. The molecule has 0 unspecified atom stereocenters. The molecule has 1 fully saturated rings. The van der Waals surface area contributed by atoms with Crippen LogP contribution in [0, 0.1) is 0 Å². The molecule has 1 aliphatic heterocycles. The van der Waals surface area contributed by atoms with E-state index in [1.54, 1.807) is 18.2 Å². The quantitative estimate of drug-likeness (QED) is 0.577. The van der Waals surface area contributed by atoms with Crippen molar-refractivity contribution in [2.24, 2.45) is 0 Å². The van der Waals surface area contributed by atoms with Gasteiger partial charge in [-0.3, -0.25) is 9.69 Å². The predicted molar refractivity (Wildman–Crippen MR) is 80.5 cm³/mol. The van der Waals surface area contributed by atoms with Gasteiger partial charge in [0.05, 0.1) is 4.91 Å². The molecular formula is C12H9BrNO4S2-. The number of carbonyl (C=O) groups excluding carboxylic acids is 2. The van der Waals surface area contributed by atoms with Crippen molar-refractivity contribution in [2.75, 3.05) is 6.54 Å². The summed E-state index contributed by atoms with van der Waals surface area (Å²) in [6.07, 6.45) is 1.83. The summed E-state index contributed by atoms with van der Waals surface area (Å²) in [4.78, 5) is 24.4. The molecule has 1 amide bonds. The van der Waals surface area contributed by atoms with Crippen LogP contribution in [0.2, 0.25) is 0 Å². The number of carboxylic acid groups (broad SMARTS) is 1. The van der Waals surface area contributed by atoms with Crippen LogP contribution in [0.15, 0.2) is 26.1 Å². The zero-order valence-corrected chi connectivity index (χ0v) is 13.3. The number of amides is 1. The third-order valence-corrected chi connectivity index (χ3v) is 4.31. The SMILES string of the molecule is O=C([O-])CCCN1C(=O)/C(=C\c2ccc(Br)o2)SC1=S. The van der Waals surface area contributed by atoms with Crippen LogP contribution < -0.4 is 5.11 Å². The van der Waals surface area contributed by atoms with Crippen LogP contribution in [0.25, 0.3) is 6.08 Å². The van der Waals surface area contributed by atoms with Gasteiger partial charge in [0.2, 0.25) is 0 Å². The molecule has 0 saturated carbocycles.